The second-order valence-corrected chi connectivity index (χ2v) is 9.79. The number of aliphatic hydroxyl groups excluding tert-OH is 8. The molecule has 15 atom stereocenters. The molecule has 38 heavy (non-hydrogen) atoms. The van der Waals surface area contributed by atoms with Crippen LogP contribution in [-0.4, -0.2) is 157 Å². The first-order valence-electron chi connectivity index (χ1n) is 11.7. The summed E-state index contributed by atoms with van der Waals surface area (Å²) in [6, 6.07) is -4.13. The zero-order valence-corrected chi connectivity index (χ0v) is 20.9. The SMILES string of the molecule is NC(=S)N[C@]1(CO)O[C@H](OC2[C@@H](CO)O[C@@H](OC3[C@@H](CO)O[C@@H](O)[C@H](N)[C@H]3O)[C@H](N)[C@H]2O)[C@H](N)[C@@H](O)[C@@H]1O. The fraction of sp³-hybridized carbons (Fsp3) is 0.947. The van der Waals surface area contributed by atoms with E-state index in [0.717, 1.165) is 0 Å². The highest BCUT2D eigenvalue weighted by Crippen LogP contribution is 2.33. The largest absolute Gasteiger partial charge is 0.394 e. The Bertz CT molecular complexity index is 804. The average molecular weight is 576 g/mol. The van der Waals surface area contributed by atoms with Gasteiger partial charge in [-0.25, -0.2) is 0 Å². The van der Waals surface area contributed by atoms with Crippen molar-refractivity contribution in [3.8, 4) is 0 Å². The van der Waals surface area contributed by atoms with E-state index < -0.39 is 116 Å². The van der Waals surface area contributed by atoms with Gasteiger partial charge in [0.2, 0.25) is 0 Å². The summed E-state index contributed by atoms with van der Waals surface area (Å²) in [5, 5.41) is 83.4. The summed E-state index contributed by atoms with van der Waals surface area (Å²) in [4.78, 5) is 0. The van der Waals surface area contributed by atoms with Crippen LogP contribution >= 0.6 is 12.2 Å². The quantitative estimate of drug-likeness (QED) is 0.119. The van der Waals surface area contributed by atoms with Gasteiger partial charge in [0.15, 0.2) is 29.7 Å². The molecule has 0 aliphatic carbocycles. The molecule has 0 radical (unpaired) electrons. The maximum Gasteiger partial charge on any atom is 0.195 e. The molecule has 0 saturated carbocycles. The predicted octanol–water partition coefficient (Wildman–Crippen LogP) is -8.51. The van der Waals surface area contributed by atoms with Gasteiger partial charge < -0.3 is 92.8 Å². The van der Waals surface area contributed by atoms with Crippen LogP contribution in [0.3, 0.4) is 0 Å². The second-order valence-electron chi connectivity index (χ2n) is 9.35. The number of rotatable bonds is 8. The van der Waals surface area contributed by atoms with Gasteiger partial charge in [-0.2, -0.15) is 0 Å². The third-order valence-corrected chi connectivity index (χ3v) is 6.91. The number of ether oxygens (including phenoxy) is 5. The summed E-state index contributed by atoms with van der Waals surface area (Å²) in [7, 11) is 0. The number of hydrogen-bond donors (Lipinski definition) is 13. The number of aliphatic hydroxyl groups is 8. The van der Waals surface area contributed by atoms with E-state index in [1.165, 1.54) is 0 Å². The lowest BCUT2D eigenvalue weighted by molar-refractivity contribution is -0.362. The van der Waals surface area contributed by atoms with Gasteiger partial charge in [0.05, 0.1) is 37.9 Å². The maximum absolute atomic E-state index is 10.9. The minimum absolute atomic E-state index is 0.391. The number of thiocarbonyl (C=S) groups is 1. The zero-order chi connectivity index (χ0) is 28.5. The third kappa shape index (κ3) is 6.04. The summed E-state index contributed by atoms with van der Waals surface area (Å²) in [6.45, 7) is -2.38. The van der Waals surface area contributed by atoms with Crippen LogP contribution in [-0.2, 0) is 23.7 Å². The van der Waals surface area contributed by atoms with Crippen LogP contribution in [0.25, 0.3) is 0 Å². The summed E-state index contributed by atoms with van der Waals surface area (Å²) < 4.78 is 27.8. The number of hydrogen-bond acceptors (Lipinski definition) is 17. The molecule has 0 aromatic heterocycles. The van der Waals surface area contributed by atoms with E-state index in [1.54, 1.807) is 0 Å². The monoisotopic (exact) mass is 575 g/mol. The normalized spacial score (nSPS) is 50.0. The molecule has 3 fully saturated rings. The lowest BCUT2D eigenvalue weighted by atomic mass is 9.92. The van der Waals surface area contributed by atoms with E-state index in [4.69, 9.17) is 58.8 Å². The van der Waals surface area contributed by atoms with E-state index in [2.05, 4.69) is 5.32 Å². The van der Waals surface area contributed by atoms with Gasteiger partial charge >= 0.3 is 0 Å². The van der Waals surface area contributed by atoms with Crippen LogP contribution in [0.1, 0.15) is 0 Å². The van der Waals surface area contributed by atoms with E-state index >= 15 is 0 Å². The summed E-state index contributed by atoms with van der Waals surface area (Å²) in [5.74, 6) is 0. The van der Waals surface area contributed by atoms with Gasteiger partial charge in [-0.15, -0.1) is 0 Å². The van der Waals surface area contributed by atoms with Crippen molar-refractivity contribution in [2.24, 2.45) is 22.9 Å². The van der Waals surface area contributed by atoms with Crippen LogP contribution in [0.2, 0.25) is 0 Å². The second kappa shape index (κ2) is 12.7. The van der Waals surface area contributed by atoms with Crippen LogP contribution < -0.4 is 28.3 Å². The van der Waals surface area contributed by atoms with Gasteiger partial charge in [-0.1, -0.05) is 0 Å². The van der Waals surface area contributed by atoms with Gasteiger partial charge in [0, 0.05) is 0 Å². The van der Waals surface area contributed by atoms with Crippen molar-refractivity contribution in [2.45, 2.75) is 91.6 Å². The molecule has 3 aliphatic rings. The van der Waals surface area contributed by atoms with Crippen molar-refractivity contribution in [2.75, 3.05) is 19.8 Å². The predicted molar refractivity (Wildman–Crippen MR) is 126 cm³/mol. The molecule has 3 heterocycles. The third-order valence-electron chi connectivity index (χ3n) is 6.81. The summed E-state index contributed by atoms with van der Waals surface area (Å²) in [5.41, 5.74) is 21.1. The highest BCUT2D eigenvalue weighted by molar-refractivity contribution is 7.80. The van der Waals surface area contributed by atoms with Gasteiger partial charge in [0.1, 0.15) is 48.8 Å². The Labute approximate surface area is 221 Å². The number of nitrogens with one attached hydrogen (secondary N) is 1. The maximum atomic E-state index is 10.9. The molecule has 0 amide bonds. The smallest absolute Gasteiger partial charge is 0.195 e. The average Bonchev–Trinajstić information content (AvgIpc) is 2.89. The molecule has 0 aromatic rings. The first kappa shape index (κ1) is 31.6. The first-order chi connectivity index (χ1) is 17.8. The zero-order valence-electron chi connectivity index (χ0n) is 20.0. The van der Waals surface area contributed by atoms with Crippen LogP contribution in [0.5, 0.6) is 0 Å². The van der Waals surface area contributed by atoms with Crippen LogP contribution in [0.15, 0.2) is 0 Å². The molecular weight excluding hydrogens is 538 g/mol. The Balaban J connectivity index is 1.78. The molecule has 3 rings (SSSR count). The molecule has 19 heteroatoms. The van der Waals surface area contributed by atoms with E-state index in [-0.39, 0.29) is 0 Å². The molecule has 222 valence electrons. The Hall–Kier alpha value is -0.950. The van der Waals surface area contributed by atoms with Crippen molar-refractivity contribution in [3.63, 3.8) is 0 Å². The molecule has 2 unspecified atom stereocenters. The Morgan fingerprint density at radius 2 is 1.29 bits per heavy atom. The van der Waals surface area contributed by atoms with Crippen molar-refractivity contribution in [3.05, 3.63) is 0 Å². The van der Waals surface area contributed by atoms with Gasteiger partial charge in [-0.05, 0) is 12.2 Å². The Morgan fingerprint density at radius 1 is 0.789 bits per heavy atom. The van der Waals surface area contributed by atoms with E-state index in [0.29, 0.717) is 0 Å². The molecule has 0 aromatic carbocycles. The van der Waals surface area contributed by atoms with Crippen molar-refractivity contribution < 1.29 is 64.5 Å². The summed E-state index contributed by atoms with van der Waals surface area (Å²) in [6.07, 6.45) is -16.8. The van der Waals surface area contributed by atoms with Crippen molar-refractivity contribution >= 4 is 17.3 Å². The minimum Gasteiger partial charge on any atom is -0.394 e. The molecular formula is C19H37N5O13S. The van der Waals surface area contributed by atoms with Crippen LogP contribution in [0.4, 0.5) is 0 Å². The Morgan fingerprint density at radius 3 is 1.82 bits per heavy atom. The topological polar surface area (TPSA) is 324 Å². The highest BCUT2D eigenvalue weighted by atomic mass is 32.1. The lowest BCUT2D eigenvalue weighted by Crippen LogP contribution is -2.75. The van der Waals surface area contributed by atoms with Gasteiger partial charge in [-0.3, -0.25) is 0 Å². The molecule has 0 bridgehead atoms. The molecule has 18 nitrogen and oxygen atoms in total. The molecule has 0 spiro atoms. The summed E-state index contributed by atoms with van der Waals surface area (Å²) >= 11 is 4.75. The van der Waals surface area contributed by atoms with E-state index in [1.807, 2.05) is 0 Å². The molecule has 17 N–H and O–H groups in total. The lowest BCUT2D eigenvalue weighted by Gasteiger charge is -2.51. The van der Waals surface area contributed by atoms with Gasteiger partial charge in [0.25, 0.3) is 0 Å². The van der Waals surface area contributed by atoms with Crippen molar-refractivity contribution in [1.29, 1.82) is 0 Å². The molecule has 3 saturated heterocycles. The fourth-order valence-corrected chi connectivity index (χ4v) is 4.73. The van der Waals surface area contributed by atoms with E-state index in [9.17, 15) is 40.9 Å². The first-order valence-corrected chi connectivity index (χ1v) is 12.1. The number of nitrogens with two attached hydrogens (primary N) is 4. The Kier molecular flexibility index (Phi) is 10.6. The van der Waals surface area contributed by atoms with Crippen LogP contribution in [0, 0.1) is 0 Å². The van der Waals surface area contributed by atoms with Crippen molar-refractivity contribution in [1.82, 2.24) is 5.32 Å². The molecule has 3 aliphatic heterocycles. The fourth-order valence-electron chi connectivity index (χ4n) is 4.56. The highest BCUT2D eigenvalue weighted by Gasteiger charge is 2.56. The minimum atomic E-state index is -2.13. The standard InChI is InChI=1S/C19H37N5O13S/c20-6-9(28)12(4(1-25)33-15(6)32)35-16-7(21)10(29)13(5(2-26)34-16)36-17-8(22)11(30)14(31)19(3-27,37-17)24-18(23)38/h4-17,25-32H,1-3,20-22H2,(H3,23,24,38)/t4-,5-,6-,7-,8-,9-,10-,11-,12?,13?,14+,15-,16+,17+,19-/m1/s1.